The predicted molar refractivity (Wildman–Crippen MR) is 94.8 cm³/mol. The summed E-state index contributed by atoms with van der Waals surface area (Å²) in [7, 11) is 3.08. The zero-order valence-electron chi connectivity index (χ0n) is 13.7. The van der Waals surface area contributed by atoms with Gasteiger partial charge in [-0.1, -0.05) is 35.4 Å². The van der Waals surface area contributed by atoms with E-state index in [1.165, 1.54) is 23.0 Å². The molecule has 0 saturated carbocycles. The lowest BCUT2D eigenvalue weighted by atomic mass is 9.93. The van der Waals surface area contributed by atoms with Gasteiger partial charge in [0.05, 0.1) is 12.1 Å². The van der Waals surface area contributed by atoms with Gasteiger partial charge >= 0.3 is 0 Å². The molecule has 2 atom stereocenters. The van der Waals surface area contributed by atoms with Gasteiger partial charge in [0.1, 0.15) is 0 Å². The van der Waals surface area contributed by atoms with Gasteiger partial charge in [-0.05, 0) is 25.7 Å². The van der Waals surface area contributed by atoms with Gasteiger partial charge in [-0.3, -0.25) is 9.59 Å². The fourth-order valence-electron chi connectivity index (χ4n) is 1.90. The summed E-state index contributed by atoms with van der Waals surface area (Å²) in [6, 6.07) is -1.69. The second kappa shape index (κ2) is 12.1. The Kier molecular flexibility index (Phi) is 11.5. The summed E-state index contributed by atoms with van der Waals surface area (Å²) in [6.45, 7) is 3.98. The van der Waals surface area contributed by atoms with Gasteiger partial charge in [0.25, 0.3) is 11.8 Å². The molecular formula is C14H22N4O4S2. The molecule has 0 aliphatic rings. The molecule has 2 amide bonds. The summed E-state index contributed by atoms with van der Waals surface area (Å²) in [4.78, 5) is 49.0. The van der Waals surface area contributed by atoms with E-state index >= 15 is 0 Å². The number of amides is 2. The minimum atomic E-state index is -0.856. The van der Waals surface area contributed by atoms with Gasteiger partial charge in [0.2, 0.25) is 12.2 Å². The third-order valence-electron chi connectivity index (χ3n) is 3.57. The predicted octanol–water partition coefficient (Wildman–Crippen LogP) is 1.09. The number of carbonyl (C=O) groups excluding carboxylic acids is 4. The quantitative estimate of drug-likeness (QED) is 0.236. The van der Waals surface area contributed by atoms with E-state index < -0.39 is 23.9 Å². The Hall–Kier alpha value is -1.28. The van der Waals surface area contributed by atoms with E-state index in [9.17, 15) is 19.2 Å². The molecule has 0 bridgehead atoms. The summed E-state index contributed by atoms with van der Waals surface area (Å²) >= 11 is 0. The van der Waals surface area contributed by atoms with Crippen molar-refractivity contribution in [1.82, 2.24) is 0 Å². The van der Waals surface area contributed by atoms with Gasteiger partial charge in [0, 0.05) is 10.5 Å². The van der Waals surface area contributed by atoms with Crippen molar-refractivity contribution in [3.8, 4) is 0 Å². The Morgan fingerprint density at radius 1 is 1.04 bits per heavy atom. The van der Waals surface area contributed by atoms with E-state index in [0.29, 0.717) is 18.6 Å². The van der Waals surface area contributed by atoms with Crippen LogP contribution >= 0.6 is 21.6 Å². The van der Waals surface area contributed by atoms with Crippen molar-refractivity contribution in [2.45, 2.75) is 56.4 Å². The highest BCUT2D eigenvalue weighted by atomic mass is 33.1. The molecule has 0 saturated heterocycles. The van der Waals surface area contributed by atoms with Crippen molar-refractivity contribution >= 4 is 45.6 Å². The number of rotatable bonds is 11. The number of nitrogens with zero attached hydrogens (tertiary/aromatic N) is 2. The van der Waals surface area contributed by atoms with Crippen LogP contribution in [0.15, 0.2) is 9.98 Å². The summed E-state index contributed by atoms with van der Waals surface area (Å²) in [6.07, 6.45) is 4.67. The number of isocyanates is 2. The van der Waals surface area contributed by atoms with Gasteiger partial charge in [0.15, 0.2) is 0 Å². The number of hydrogen-bond donors (Lipinski definition) is 2. The van der Waals surface area contributed by atoms with E-state index in [-0.39, 0.29) is 4.75 Å². The fourth-order valence-corrected chi connectivity index (χ4v) is 5.27. The summed E-state index contributed by atoms with van der Waals surface area (Å²) in [5.74, 6) is -0.794. The zero-order valence-corrected chi connectivity index (χ0v) is 15.3. The van der Waals surface area contributed by atoms with Crippen molar-refractivity contribution in [2.24, 2.45) is 21.5 Å². The molecule has 0 aliphatic heterocycles. The second-order valence-corrected chi connectivity index (χ2v) is 7.97. The number of carbonyl (C=O) groups is 2. The molecule has 2 unspecified atom stereocenters. The Balaban J connectivity index is 4.57. The molecule has 4 N–H and O–H groups in total. The minimum Gasteiger partial charge on any atom is -0.320 e. The first-order valence-electron chi connectivity index (χ1n) is 7.41. The smallest absolute Gasteiger partial charge is 0.273 e. The monoisotopic (exact) mass is 374 g/mol. The number of nitrogens with two attached hydrogens (primary N) is 2. The Labute approximate surface area is 148 Å². The van der Waals surface area contributed by atoms with Crippen LogP contribution in [-0.2, 0) is 19.2 Å². The Bertz CT molecular complexity index is 527. The lowest BCUT2D eigenvalue weighted by Gasteiger charge is -2.32. The first-order chi connectivity index (χ1) is 11.4. The molecule has 0 heterocycles. The fraction of sp³-hybridized carbons (Fsp3) is 0.714. The van der Waals surface area contributed by atoms with E-state index in [4.69, 9.17) is 11.5 Å². The normalized spacial score (nSPS) is 13.3. The first-order valence-corrected chi connectivity index (χ1v) is 9.72. The van der Waals surface area contributed by atoms with E-state index in [2.05, 4.69) is 9.98 Å². The Morgan fingerprint density at radius 2 is 1.54 bits per heavy atom. The molecule has 8 nitrogen and oxygen atoms in total. The van der Waals surface area contributed by atoms with Crippen LogP contribution < -0.4 is 11.5 Å². The van der Waals surface area contributed by atoms with Crippen molar-refractivity contribution in [3.63, 3.8) is 0 Å². The van der Waals surface area contributed by atoms with Crippen molar-refractivity contribution < 1.29 is 19.2 Å². The summed E-state index contributed by atoms with van der Waals surface area (Å²) in [5, 5.41) is 0. The largest absolute Gasteiger partial charge is 0.320 e. The number of aliphatic imine (C=N–C) groups is 2. The highest BCUT2D eigenvalue weighted by Crippen LogP contribution is 2.44. The van der Waals surface area contributed by atoms with Crippen LogP contribution in [0.4, 0.5) is 0 Å². The molecule has 0 aromatic heterocycles. The third kappa shape index (κ3) is 8.01. The molecule has 10 heteroatoms. The molecule has 134 valence electrons. The van der Waals surface area contributed by atoms with Crippen LogP contribution in [0.2, 0.25) is 0 Å². The molecule has 0 aromatic rings. The van der Waals surface area contributed by atoms with E-state index in [0.717, 1.165) is 12.8 Å². The molecule has 0 fully saturated rings. The third-order valence-corrected chi connectivity index (χ3v) is 7.11. The summed E-state index contributed by atoms with van der Waals surface area (Å²) < 4.78 is -0.257. The lowest BCUT2D eigenvalue weighted by molar-refractivity contribution is -0.119. The van der Waals surface area contributed by atoms with Gasteiger partial charge in [-0.25, -0.2) is 9.59 Å². The molecular weight excluding hydrogens is 352 g/mol. The van der Waals surface area contributed by atoms with Gasteiger partial charge < -0.3 is 11.5 Å². The van der Waals surface area contributed by atoms with Crippen molar-refractivity contribution in [1.29, 1.82) is 0 Å². The van der Waals surface area contributed by atoms with Gasteiger partial charge in [-0.15, -0.1) is 9.98 Å². The minimum absolute atomic E-state index is 0.257. The van der Waals surface area contributed by atoms with E-state index in [1.54, 1.807) is 10.8 Å². The van der Waals surface area contributed by atoms with Crippen molar-refractivity contribution in [3.05, 3.63) is 0 Å². The average Bonchev–Trinajstić information content (AvgIpc) is 2.57. The molecule has 0 radical (unpaired) electrons. The number of hydrogen-bond acceptors (Lipinski definition) is 8. The van der Waals surface area contributed by atoms with Crippen LogP contribution in [-0.4, -0.2) is 46.6 Å². The zero-order chi connectivity index (χ0) is 18.6. The van der Waals surface area contributed by atoms with Crippen LogP contribution in [0.1, 0.15) is 39.5 Å². The maximum absolute atomic E-state index is 11.5. The SMILES string of the molecule is CCC(CC)(CC(N)C(=O)N=C=O)SSCCC(N)C(=O)N=C=O. The summed E-state index contributed by atoms with van der Waals surface area (Å²) in [5.41, 5.74) is 11.4. The molecule has 0 aliphatic carbocycles. The molecule has 0 rings (SSSR count). The maximum atomic E-state index is 11.5. The van der Waals surface area contributed by atoms with E-state index in [1.807, 2.05) is 13.8 Å². The average molecular weight is 374 g/mol. The maximum Gasteiger partial charge on any atom is 0.273 e. The highest BCUT2D eigenvalue weighted by molar-refractivity contribution is 8.77. The standard InChI is InChI=1S/C14H22N4O4S2/c1-3-14(4-2,7-11(16)13(22)18-9-20)24-23-6-5-10(15)12(21)17-8-19/h10-11H,3-7,15-16H2,1-2H3. The van der Waals surface area contributed by atoms with Crippen molar-refractivity contribution in [2.75, 3.05) is 5.75 Å². The molecule has 0 spiro atoms. The van der Waals surface area contributed by atoms with Crippen LogP contribution in [0, 0.1) is 0 Å². The second-order valence-electron chi connectivity index (χ2n) is 5.08. The highest BCUT2D eigenvalue weighted by Gasteiger charge is 2.32. The Morgan fingerprint density at radius 3 is 2.00 bits per heavy atom. The lowest BCUT2D eigenvalue weighted by Crippen LogP contribution is -2.38. The van der Waals surface area contributed by atoms with Crippen LogP contribution in [0.25, 0.3) is 0 Å². The van der Waals surface area contributed by atoms with Crippen LogP contribution in [0.3, 0.4) is 0 Å². The van der Waals surface area contributed by atoms with Crippen LogP contribution in [0.5, 0.6) is 0 Å². The molecule has 24 heavy (non-hydrogen) atoms. The molecule has 0 aromatic carbocycles. The first kappa shape index (κ1) is 22.7. The van der Waals surface area contributed by atoms with Gasteiger partial charge in [-0.2, -0.15) is 0 Å². The topological polar surface area (TPSA) is 145 Å².